The van der Waals surface area contributed by atoms with Crippen molar-refractivity contribution in [3.8, 4) is 5.75 Å². The minimum absolute atomic E-state index is 0.0610. The van der Waals surface area contributed by atoms with Gasteiger partial charge in [0.1, 0.15) is 5.75 Å². The summed E-state index contributed by atoms with van der Waals surface area (Å²) >= 11 is 5.53. The first-order valence-electron chi connectivity index (χ1n) is 4.82. The van der Waals surface area contributed by atoms with Gasteiger partial charge in [-0.25, -0.2) is 13.4 Å². The Balaban J connectivity index is 2.98. The zero-order chi connectivity index (χ0) is 12.2. The topological polar surface area (TPSA) is 56.3 Å². The van der Waals surface area contributed by atoms with Gasteiger partial charge < -0.3 is 4.74 Å². The molecule has 1 aromatic rings. The summed E-state index contributed by atoms with van der Waals surface area (Å²) in [6.07, 6.45) is 1.80. The van der Waals surface area contributed by atoms with Crippen LogP contribution < -0.4 is 4.74 Å². The highest BCUT2D eigenvalue weighted by Crippen LogP contribution is 2.18. The predicted octanol–water partition coefficient (Wildman–Crippen LogP) is 1.88. The van der Waals surface area contributed by atoms with Crippen molar-refractivity contribution in [2.75, 3.05) is 13.0 Å². The lowest BCUT2D eigenvalue weighted by Crippen LogP contribution is -2.19. The SMILES string of the molecule is COc1ccc(S(=O)(=O)C(C)CCCl)nc1. The van der Waals surface area contributed by atoms with Gasteiger partial charge in [-0.2, -0.15) is 0 Å². The van der Waals surface area contributed by atoms with Crippen molar-refractivity contribution in [1.82, 2.24) is 4.98 Å². The van der Waals surface area contributed by atoms with Gasteiger partial charge in [-0.1, -0.05) is 0 Å². The molecule has 0 aliphatic carbocycles. The van der Waals surface area contributed by atoms with Crippen LogP contribution in [0.3, 0.4) is 0 Å². The smallest absolute Gasteiger partial charge is 0.198 e. The van der Waals surface area contributed by atoms with Crippen molar-refractivity contribution in [1.29, 1.82) is 0 Å². The third-order valence-corrected chi connectivity index (χ3v) is 4.62. The van der Waals surface area contributed by atoms with Gasteiger partial charge in [0.2, 0.25) is 0 Å². The number of hydrogen-bond acceptors (Lipinski definition) is 4. The van der Waals surface area contributed by atoms with Gasteiger partial charge in [0.05, 0.1) is 18.6 Å². The molecule has 1 aromatic heterocycles. The molecule has 0 bridgehead atoms. The van der Waals surface area contributed by atoms with Crippen molar-refractivity contribution >= 4 is 21.4 Å². The summed E-state index contributed by atoms with van der Waals surface area (Å²) in [5.41, 5.74) is 0. The Morgan fingerprint density at radius 3 is 2.62 bits per heavy atom. The summed E-state index contributed by atoms with van der Waals surface area (Å²) in [5, 5.41) is -0.461. The number of rotatable bonds is 5. The molecule has 1 rings (SSSR count). The Labute approximate surface area is 101 Å². The Morgan fingerprint density at radius 2 is 2.19 bits per heavy atom. The zero-order valence-corrected chi connectivity index (χ0v) is 10.8. The molecule has 6 heteroatoms. The van der Waals surface area contributed by atoms with E-state index in [4.69, 9.17) is 16.3 Å². The molecule has 0 radical (unpaired) electrons. The van der Waals surface area contributed by atoms with Crippen LogP contribution in [0.5, 0.6) is 5.75 Å². The van der Waals surface area contributed by atoms with Crippen LogP contribution in [0.25, 0.3) is 0 Å². The first kappa shape index (κ1) is 13.3. The van der Waals surface area contributed by atoms with Crippen LogP contribution in [0.2, 0.25) is 0 Å². The number of nitrogens with zero attached hydrogens (tertiary/aromatic N) is 1. The summed E-state index contributed by atoms with van der Waals surface area (Å²) in [7, 11) is -1.88. The van der Waals surface area contributed by atoms with Gasteiger partial charge in [0.25, 0.3) is 0 Å². The fraction of sp³-hybridized carbons (Fsp3) is 0.500. The van der Waals surface area contributed by atoms with Crippen molar-refractivity contribution in [2.24, 2.45) is 0 Å². The molecule has 0 saturated carbocycles. The summed E-state index contributed by atoms with van der Waals surface area (Å²) in [6, 6.07) is 3.02. The third kappa shape index (κ3) is 2.86. The Bertz CT molecular complexity index is 430. The molecule has 0 N–H and O–H groups in total. The summed E-state index contributed by atoms with van der Waals surface area (Å²) < 4.78 is 28.8. The molecule has 0 saturated heterocycles. The molecule has 90 valence electrons. The van der Waals surface area contributed by atoms with Crippen molar-refractivity contribution < 1.29 is 13.2 Å². The van der Waals surface area contributed by atoms with E-state index < -0.39 is 15.1 Å². The van der Waals surface area contributed by atoms with Crippen LogP contribution >= 0.6 is 11.6 Å². The van der Waals surface area contributed by atoms with Gasteiger partial charge in [0.15, 0.2) is 14.9 Å². The fourth-order valence-corrected chi connectivity index (χ4v) is 2.93. The van der Waals surface area contributed by atoms with E-state index >= 15 is 0 Å². The molecule has 1 heterocycles. The average molecular weight is 264 g/mol. The largest absolute Gasteiger partial charge is 0.495 e. The number of methoxy groups -OCH3 is 1. The van der Waals surface area contributed by atoms with E-state index in [2.05, 4.69) is 4.98 Å². The molecule has 0 spiro atoms. The molecule has 0 aromatic carbocycles. The van der Waals surface area contributed by atoms with E-state index in [0.717, 1.165) is 0 Å². The first-order chi connectivity index (χ1) is 7.52. The van der Waals surface area contributed by atoms with Crippen molar-refractivity contribution in [2.45, 2.75) is 23.6 Å². The van der Waals surface area contributed by atoms with Gasteiger partial charge >= 0.3 is 0 Å². The maximum absolute atomic E-state index is 12.0. The maximum Gasteiger partial charge on any atom is 0.198 e. The molecular formula is C10H14ClNO3S. The summed E-state index contributed by atoms with van der Waals surface area (Å²) in [4.78, 5) is 3.87. The quantitative estimate of drug-likeness (QED) is 0.761. The molecule has 0 aliphatic heterocycles. The van der Waals surface area contributed by atoms with E-state index in [0.29, 0.717) is 18.1 Å². The second-order valence-corrected chi connectivity index (χ2v) is 6.06. The van der Waals surface area contributed by atoms with Crippen LogP contribution in [0.1, 0.15) is 13.3 Å². The van der Waals surface area contributed by atoms with E-state index in [1.807, 2.05) is 0 Å². The molecule has 0 amide bonds. The van der Waals surface area contributed by atoms with Crippen LogP contribution in [0.15, 0.2) is 23.4 Å². The second kappa shape index (κ2) is 5.50. The molecule has 1 atom stereocenters. The molecule has 16 heavy (non-hydrogen) atoms. The molecular weight excluding hydrogens is 250 g/mol. The molecule has 4 nitrogen and oxygen atoms in total. The number of pyridine rings is 1. The second-order valence-electron chi connectivity index (χ2n) is 3.37. The van der Waals surface area contributed by atoms with Gasteiger partial charge in [-0.05, 0) is 25.5 Å². The van der Waals surface area contributed by atoms with Gasteiger partial charge in [-0.3, -0.25) is 0 Å². The highest BCUT2D eigenvalue weighted by molar-refractivity contribution is 7.92. The summed E-state index contributed by atoms with van der Waals surface area (Å²) in [5.74, 6) is 0.847. The van der Waals surface area contributed by atoms with E-state index in [1.54, 1.807) is 13.0 Å². The fourth-order valence-electron chi connectivity index (χ4n) is 1.17. The number of aromatic nitrogens is 1. The van der Waals surface area contributed by atoms with Gasteiger partial charge in [0, 0.05) is 5.88 Å². The summed E-state index contributed by atoms with van der Waals surface area (Å²) in [6.45, 7) is 1.63. The normalized spacial score (nSPS) is 13.4. The number of ether oxygens (including phenoxy) is 1. The van der Waals surface area contributed by atoms with Crippen LogP contribution in [-0.2, 0) is 9.84 Å². The van der Waals surface area contributed by atoms with Crippen LogP contribution in [0.4, 0.5) is 0 Å². The van der Waals surface area contributed by atoms with Crippen molar-refractivity contribution in [3.63, 3.8) is 0 Å². The predicted molar refractivity (Wildman–Crippen MR) is 62.8 cm³/mol. The van der Waals surface area contributed by atoms with Crippen molar-refractivity contribution in [3.05, 3.63) is 18.3 Å². The first-order valence-corrected chi connectivity index (χ1v) is 6.90. The third-order valence-electron chi connectivity index (χ3n) is 2.28. The molecule has 1 unspecified atom stereocenters. The van der Waals surface area contributed by atoms with Gasteiger partial charge in [-0.15, -0.1) is 11.6 Å². The highest BCUT2D eigenvalue weighted by Gasteiger charge is 2.23. The minimum atomic E-state index is -3.38. The zero-order valence-electron chi connectivity index (χ0n) is 9.18. The average Bonchev–Trinajstić information content (AvgIpc) is 2.29. The lowest BCUT2D eigenvalue weighted by atomic mass is 10.4. The molecule has 0 aliphatic rings. The number of alkyl halides is 1. The molecule has 0 fully saturated rings. The van der Waals surface area contributed by atoms with E-state index in [-0.39, 0.29) is 5.03 Å². The Morgan fingerprint density at radius 1 is 1.50 bits per heavy atom. The number of sulfone groups is 1. The standard InChI is InChI=1S/C10H14ClNO3S/c1-8(5-6-11)16(13,14)10-4-3-9(15-2)7-12-10/h3-4,7-8H,5-6H2,1-2H3. The Kier molecular flexibility index (Phi) is 4.56. The van der Waals surface area contributed by atoms with Crippen LogP contribution in [0, 0.1) is 0 Å². The lowest BCUT2D eigenvalue weighted by molar-refractivity contribution is 0.412. The van der Waals surface area contributed by atoms with E-state index in [1.165, 1.54) is 19.4 Å². The highest BCUT2D eigenvalue weighted by atomic mass is 35.5. The number of hydrogen-bond donors (Lipinski definition) is 0. The lowest BCUT2D eigenvalue weighted by Gasteiger charge is -2.10. The minimum Gasteiger partial charge on any atom is -0.495 e. The Hall–Kier alpha value is -0.810. The maximum atomic E-state index is 12.0. The number of halogens is 1. The van der Waals surface area contributed by atoms with E-state index in [9.17, 15) is 8.42 Å². The van der Waals surface area contributed by atoms with Crippen LogP contribution in [-0.4, -0.2) is 31.6 Å². The monoisotopic (exact) mass is 263 g/mol.